The molecule has 6 heteroatoms. The zero-order valence-corrected chi connectivity index (χ0v) is 15.5. The fourth-order valence-electron chi connectivity index (χ4n) is 3.13. The highest BCUT2D eigenvalue weighted by Crippen LogP contribution is 2.27. The molecule has 0 aliphatic rings. The van der Waals surface area contributed by atoms with Crippen LogP contribution in [-0.2, 0) is 13.0 Å². The molecule has 26 heavy (non-hydrogen) atoms. The number of thiophene rings is 1. The summed E-state index contributed by atoms with van der Waals surface area (Å²) in [6.07, 6.45) is 0.867. The molecule has 0 saturated heterocycles. The molecule has 5 nitrogen and oxygen atoms in total. The number of nitrogens with zero attached hydrogens (tertiary/aromatic N) is 2. The van der Waals surface area contributed by atoms with Crippen LogP contribution in [0, 0.1) is 13.8 Å². The van der Waals surface area contributed by atoms with Crippen LogP contribution in [0.4, 0.5) is 5.69 Å². The SMILES string of the molecule is Cc1noc(C)c1NC(=O)c1cc2sccc2n1CCc1ccccc1. The average Bonchev–Trinajstić information content (AvgIpc) is 3.32. The average molecular weight is 365 g/mol. The van der Waals surface area contributed by atoms with Gasteiger partial charge in [0.15, 0.2) is 5.76 Å². The number of carbonyl (C=O) groups excluding carboxylic acids is 1. The summed E-state index contributed by atoms with van der Waals surface area (Å²) in [5.41, 5.74) is 4.33. The number of aryl methyl sites for hydroxylation is 4. The Morgan fingerprint density at radius 1 is 1.23 bits per heavy atom. The van der Waals surface area contributed by atoms with Crippen LogP contribution in [0.2, 0.25) is 0 Å². The molecule has 0 aliphatic carbocycles. The number of rotatable bonds is 5. The van der Waals surface area contributed by atoms with E-state index < -0.39 is 0 Å². The van der Waals surface area contributed by atoms with Gasteiger partial charge in [-0.15, -0.1) is 11.3 Å². The Morgan fingerprint density at radius 2 is 2.04 bits per heavy atom. The second-order valence-electron chi connectivity index (χ2n) is 6.24. The van der Waals surface area contributed by atoms with Crippen molar-refractivity contribution < 1.29 is 9.32 Å². The molecule has 4 aromatic rings. The molecule has 0 atom stereocenters. The number of nitrogens with one attached hydrogen (secondary N) is 1. The van der Waals surface area contributed by atoms with E-state index >= 15 is 0 Å². The summed E-state index contributed by atoms with van der Waals surface area (Å²) in [7, 11) is 0. The minimum Gasteiger partial charge on any atom is -0.359 e. The van der Waals surface area contributed by atoms with Gasteiger partial charge in [-0.05, 0) is 43.3 Å². The molecule has 0 radical (unpaired) electrons. The van der Waals surface area contributed by atoms with Gasteiger partial charge in [0.1, 0.15) is 17.1 Å². The predicted molar refractivity (Wildman–Crippen MR) is 104 cm³/mol. The van der Waals surface area contributed by atoms with Crippen LogP contribution in [0.1, 0.15) is 27.5 Å². The molecule has 1 aromatic carbocycles. The summed E-state index contributed by atoms with van der Waals surface area (Å²) in [5, 5.41) is 8.91. The maximum absolute atomic E-state index is 12.9. The van der Waals surface area contributed by atoms with Crippen molar-refractivity contribution in [1.29, 1.82) is 0 Å². The second-order valence-corrected chi connectivity index (χ2v) is 7.19. The summed E-state index contributed by atoms with van der Waals surface area (Å²) < 4.78 is 8.34. The van der Waals surface area contributed by atoms with Gasteiger partial charge in [0, 0.05) is 6.54 Å². The number of hydrogen-bond acceptors (Lipinski definition) is 4. The lowest BCUT2D eigenvalue weighted by molar-refractivity contribution is 0.101. The quantitative estimate of drug-likeness (QED) is 0.552. The Morgan fingerprint density at radius 3 is 2.77 bits per heavy atom. The zero-order valence-electron chi connectivity index (χ0n) is 14.7. The van der Waals surface area contributed by atoms with Gasteiger partial charge in [0.05, 0.1) is 10.2 Å². The summed E-state index contributed by atoms with van der Waals surface area (Å²) in [5.74, 6) is 0.468. The number of fused-ring (bicyclic) bond motifs is 1. The van der Waals surface area contributed by atoms with Crippen molar-refractivity contribution in [2.75, 3.05) is 5.32 Å². The molecule has 0 fully saturated rings. The van der Waals surface area contributed by atoms with Crippen molar-refractivity contribution in [3.63, 3.8) is 0 Å². The number of carbonyl (C=O) groups is 1. The van der Waals surface area contributed by atoms with Gasteiger partial charge in [0.25, 0.3) is 5.91 Å². The summed E-state index contributed by atoms with van der Waals surface area (Å²) in [6, 6.07) is 14.3. The largest absolute Gasteiger partial charge is 0.359 e. The van der Waals surface area contributed by atoms with Crippen molar-refractivity contribution in [2.24, 2.45) is 0 Å². The minimum absolute atomic E-state index is 0.143. The Balaban J connectivity index is 1.64. The molecule has 1 amide bonds. The summed E-state index contributed by atoms with van der Waals surface area (Å²) >= 11 is 1.64. The highest BCUT2D eigenvalue weighted by molar-refractivity contribution is 7.17. The first-order valence-electron chi connectivity index (χ1n) is 8.48. The first-order valence-corrected chi connectivity index (χ1v) is 9.36. The fourth-order valence-corrected chi connectivity index (χ4v) is 3.95. The van der Waals surface area contributed by atoms with E-state index in [0.29, 0.717) is 22.8 Å². The van der Waals surface area contributed by atoms with Crippen LogP contribution in [-0.4, -0.2) is 15.6 Å². The smallest absolute Gasteiger partial charge is 0.272 e. The topological polar surface area (TPSA) is 60.1 Å². The van der Waals surface area contributed by atoms with Crippen molar-refractivity contribution in [2.45, 2.75) is 26.8 Å². The minimum atomic E-state index is -0.143. The maximum Gasteiger partial charge on any atom is 0.272 e. The van der Waals surface area contributed by atoms with Crippen LogP contribution in [0.5, 0.6) is 0 Å². The normalized spacial score (nSPS) is 11.2. The van der Waals surface area contributed by atoms with E-state index in [2.05, 4.69) is 38.6 Å². The van der Waals surface area contributed by atoms with Gasteiger partial charge in [-0.3, -0.25) is 4.79 Å². The predicted octanol–water partition coefficient (Wildman–Crippen LogP) is 4.80. The third-order valence-electron chi connectivity index (χ3n) is 4.49. The van der Waals surface area contributed by atoms with Gasteiger partial charge in [-0.25, -0.2) is 0 Å². The molecule has 1 N–H and O–H groups in total. The number of benzene rings is 1. The third kappa shape index (κ3) is 3.04. The molecule has 0 aliphatic heterocycles. The van der Waals surface area contributed by atoms with Crippen LogP contribution in [0.25, 0.3) is 10.2 Å². The first kappa shape index (κ1) is 16.6. The molecular formula is C20H19N3O2S. The highest BCUT2D eigenvalue weighted by Gasteiger charge is 2.19. The Kier molecular flexibility index (Phi) is 4.34. The number of anilines is 1. The second kappa shape index (κ2) is 6.80. The van der Waals surface area contributed by atoms with Crippen LogP contribution in [0.3, 0.4) is 0 Å². The zero-order chi connectivity index (χ0) is 18.1. The lowest BCUT2D eigenvalue weighted by Crippen LogP contribution is -2.18. The number of amides is 1. The lowest BCUT2D eigenvalue weighted by Gasteiger charge is -2.11. The van der Waals surface area contributed by atoms with Gasteiger partial charge in [-0.1, -0.05) is 35.5 Å². The molecule has 0 unspecified atom stereocenters. The van der Waals surface area contributed by atoms with Crippen LogP contribution >= 0.6 is 11.3 Å². The molecule has 4 rings (SSSR count). The molecule has 3 aromatic heterocycles. The van der Waals surface area contributed by atoms with E-state index in [1.807, 2.05) is 31.2 Å². The number of aromatic nitrogens is 2. The number of hydrogen-bond donors (Lipinski definition) is 1. The van der Waals surface area contributed by atoms with Crippen molar-refractivity contribution >= 4 is 33.1 Å². The standard InChI is InChI=1S/C20H19N3O2S/c1-13-19(14(2)25-22-13)21-20(24)17-12-18-16(9-11-26-18)23(17)10-8-15-6-4-3-5-7-15/h3-7,9,11-12H,8,10H2,1-2H3,(H,21,24). The van der Waals surface area contributed by atoms with E-state index in [9.17, 15) is 4.79 Å². The summed E-state index contributed by atoms with van der Waals surface area (Å²) in [6.45, 7) is 4.36. The third-order valence-corrected chi connectivity index (χ3v) is 5.35. The molecule has 0 saturated carbocycles. The van der Waals surface area contributed by atoms with Crippen LogP contribution < -0.4 is 5.32 Å². The molecular weight excluding hydrogens is 346 g/mol. The monoisotopic (exact) mass is 365 g/mol. The highest BCUT2D eigenvalue weighted by atomic mass is 32.1. The Hall–Kier alpha value is -2.86. The van der Waals surface area contributed by atoms with E-state index in [4.69, 9.17) is 4.52 Å². The van der Waals surface area contributed by atoms with E-state index in [1.165, 1.54) is 5.56 Å². The van der Waals surface area contributed by atoms with Crippen molar-refractivity contribution in [1.82, 2.24) is 9.72 Å². The molecule has 132 valence electrons. The molecule has 3 heterocycles. The van der Waals surface area contributed by atoms with Gasteiger partial charge in [-0.2, -0.15) is 0 Å². The van der Waals surface area contributed by atoms with Crippen molar-refractivity contribution in [3.8, 4) is 0 Å². The van der Waals surface area contributed by atoms with Gasteiger partial charge < -0.3 is 14.4 Å². The molecule has 0 spiro atoms. The lowest BCUT2D eigenvalue weighted by atomic mass is 10.1. The van der Waals surface area contributed by atoms with E-state index in [1.54, 1.807) is 18.3 Å². The molecule has 0 bridgehead atoms. The van der Waals surface area contributed by atoms with E-state index in [-0.39, 0.29) is 5.91 Å². The Labute approximate surface area is 155 Å². The van der Waals surface area contributed by atoms with Gasteiger partial charge >= 0.3 is 0 Å². The maximum atomic E-state index is 12.9. The summed E-state index contributed by atoms with van der Waals surface area (Å²) in [4.78, 5) is 12.9. The van der Waals surface area contributed by atoms with Crippen LogP contribution in [0.15, 0.2) is 52.4 Å². The fraction of sp³-hybridized carbons (Fsp3) is 0.200. The Bertz CT molecular complexity index is 1040. The van der Waals surface area contributed by atoms with Gasteiger partial charge in [0.2, 0.25) is 0 Å². The first-order chi connectivity index (χ1) is 12.6. The van der Waals surface area contributed by atoms with E-state index in [0.717, 1.165) is 23.2 Å². The van der Waals surface area contributed by atoms with Crippen molar-refractivity contribution in [3.05, 3.63) is 70.6 Å².